The number of halogens is 1. The van der Waals surface area contributed by atoms with Crippen LogP contribution < -0.4 is 5.32 Å². The SMILES string of the molecule is CN(C)C(CNc1cncc(C(=O)O)c1)c1ccc(Cl)cc1. The second-order valence-corrected chi connectivity index (χ2v) is 5.62. The summed E-state index contributed by atoms with van der Waals surface area (Å²) in [7, 11) is 3.99. The Bertz CT molecular complexity index is 644. The van der Waals surface area contributed by atoms with E-state index < -0.39 is 5.97 Å². The maximum absolute atomic E-state index is 11.0. The van der Waals surface area contributed by atoms with Gasteiger partial charge >= 0.3 is 5.97 Å². The molecule has 0 aliphatic rings. The maximum atomic E-state index is 11.0. The second-order valence-electron chi connectivity index (χ2n) is 5.18. The molecule has 0 fully saturated rings. The Labute approximate surface area is 134 Å². The third-order valence-electron chi connectivity index (χ3n) is 3.36. The fourth-order valence-corrected chi connectivity index (χ4v) is 2.28. The summed E-state index contributed by atoms with van der Waals surface area (Å²) in [4.78, 5) is 17.0. The van der Waals surface area contributed by atoms with Crippen LogP contribution in [0.25, 0.3) is 0 Å². The maximum Gasteiger partial charge on any atom is 0.337 e. The van der Waals surface area contributed by atoms with Gasteiger partial charge in [-0.3, -0.25) is 4.98 Å². The van der Waals surface area contributed by atoms with E-state index in [2.05, 4.69) is 15.2 Å². The van der Waals surface area contributed by atoms with Crippen LogP contribution in [0.2, 0.25) is 5.02 Å². The largest absolute Gasteiger partial charge is 0.478 e. The van der Waals surface area contributed by atoms with Crippen LogP contribution in [0.15, 0.2) is 42.7 Å². The van der Waals surface area contributed by atoms with Gasteiger partial charge in [-0.25, -0.2) is 4.79 Å². The monoisotopic (exact) mass is 319 g/mol. The summed E-state index contributed by atoms with van der Waals surface area (Å²) in [6.45, 7) is 0.624. The van der Waals surface area contributed by atoms with Crippen molar-refractivity contribution >= 4 is 23.3 Å². The first-order valence-electron chi connectivity index (χ1n) is 6.81. The van der Waals surface area contributed by atoms with Gasteiger partial charge < -0.3 is 15.3 Å². The topological polar surface area (TPSA) is 65.5 Å². The minimum atomic E-state index is -0.988. The molecule has 6 heteroatoms. The van der Waals surface area contributed by atoms with Crippen molar-refractivity contribution in [1.82, 2.24) is 9.88 Å². The second kappa shape index (κ2) is 7.24. The summed E-state index contributed by atoms with van der Waals surface area (Å²) in [5.41, 5.74) is 1.97. The predicted molar refractivity (Wildman–Crippen MR) is 87.6 cm³/mol. The first-order valence-corrected chi connectivity index (χ1v) is 7.19. The van der Waals surface area contributed by atoms with Crippen molar-refractivity contribution in [1.29, 1.82) is 0 Å². The number of likely N-dealkylation sites (N-methyl/N-ethyl adjacent to an activating group) is 1. The molecule has 0 amide bonds. The van der Waals surface area contributed by atoms with Crippen LogP contribution in [-0.4, -0.2) is 41.6 Å². The highest BCUT2D eigenvalue weighted by atomic mass is 35.5. The Balaban J connectivity index is 2.11. The van der Waals surface area contributed by atoms with Crippen LogP contribution >= 0.6 is 11.6 Å². The Morgan fingerprint density at radius 2 is 2.00 bits per heavy atom. The number of pyridine rings is 1. The van der Waals surface area contributed by atoms with Crippen LogP contribution in [0.4, 0.5) is 5.69 Å². The van der Waals surface area contributed by atoms with E-state index >= 15 is 0 Å². The number of anilines is 1. The smallest absolute Gasteiger partial charge is 0.337 e. The predicted octanol–water partition coefficient (Wildman–Crippen LogP) is 3.15. The van der Waals surface area contributed by atoms with E-state index in [-0.39, 0.29) is 11.6 Å². The molecule has 116 valence electrons. The summed E-state index contributed by atoms with van der Waals surface area (Å²) in [6.07, 6.45) is 2.94. The lowest BCUT2D eigenvalue weighted by Gasteiger charge is -2.25. The van der Waals surface area contributed by atoms with Gasteiger partial charge in [0.25, 0.3) is 0 Å². The van der Waals surface area contributed by atoms with Crippen molar-refractivity contribution in [2.75, 3.05) is 26.0 Å². The first-order chi connectivity index (χ1) is 10.5. The van der Waals surface area contributed by atoms with E-state index in [1.54, 1.807) is 12.3 Å². The quantitative estimate of drug-likeness (QED) is 0.856. The Morgan fingerprint density at radius 3 is 2.59 bits per heavy atom. The zero-order valence-corrected chi connectivity index (χ0v) is 13.2. The standard InChI is InChI=1S/C16H18ClN3O2/c1-20(2)15(11-3-5-13(17)6-4-11)10-19-14-7-12(16(21)22)8-18-9-14/h3-9,15,19H,10H2,1-2H3,(H,21,22). The van der Waals surface area contributed by atoms with Gasteiger partial charge in [0.15, 0.2) is 0 Å². The number of hydrogen-bond donors (Lipinski definition) is 2. The Kier molecular flexibility index (Phi) is 5.35. The van der Waals surface area contributed by atoms with Crippen molar-refractivity contribution in [3.8, 4) is 0 Å². The number of rotatable bonds is 6. The molecule has 0 radical (unpaired) electrons. The molecule has 0 aliphatic heterocycles. The van der Waals surface area contributed by atoms with Crippen molar-refractivity contribution < 1.29 is 9.90 Å². The van der Waals surface area contributed by atoms with Gasteiger partial charge in [-0.2, -0.15) is 0 Å². The molecule has 0 saturated heterocycles. The van der Waals surface area contributed by atoms with Crippen molar-refractivity contribution in [3.63, 3.8) is 0 Å². The highest BCUT2D eigenvalue weighted by Crippen LogP contribution is 2.21. The average molecular weight is 320 g/mol. The highest BCUT2D eigenvalue weighted by Gasteiger charge is 2.14. The molecule has 5 nitrogen and oxygen atoms in total. The van der Waals surface area contributed by atoms with E-state index in [0.717, 1.165) is 5.56 Å². The molecule has 0 saturated carbocycles. The van der Waals surface area contributed by atoms with E-state index in [0.29, 0.717) is 17.3 Å². The molecule has 2 N–H and O–H groups in total. The van der Waals surface area contributed by atoms with Crippen LogP contribution in [0.1, 0.15) is 22.0 Å². The fraction of sp³-hybridized carbons (Fsp3) is 0.250. The number of aromatic nitrogens is 1. The van der Waals surface area contributed by atoms with Gasteiger partial charge in [-0.1, -0.05) is 23.7 Å². The number of carbonyl (C=O) groups is 1. The molecule has 0 spiro atoms. The Morgan fingerprint density at radius 1 is 1.32 bits per heavy atom. The molecule has 1 heterocycles. The molecule has 1 aromatic carbocycles. The number of nitrogens with zero attached hydrogens (tertiary/aromatic N) is 2. The van der Waals surface area contributed by atoms with E-state index in [4.69, 9.17) is 16.7 Å². The van der Waals surface area contributed by atoms with Gasteiger partial charge in [0.1, 0.15) is 0 Å². The van der Waals surface area contributed by atoms with Gasteiger partial charge in [0.05, 0.1) is 17.3 Å². The number of benzene rings is 1. The molecular weight excluding hydrogens is 302 g/mol. The van der Waals surface area contributed by atoms with E-state index in [1.807, 2.05) is 38.4 Å². The highest BCUT2D eigenvalue weighted by molar-refractivity contribution is 6.30. The molecule has 0 bridgehead atoms. The molecule has 22 heavy (non-hydrogen) atoms. The van der Waals surface area contributed by atoms with Crippen LogP contribution in [0.3, 0.4) is 0 Å². The van der Waals surface area contributed by atoms with E-state index in [1.165, 1.54) is 6.20 Å². The van der Waals surface area contributed by atoms with Crippen LogP contribution in [-0.2, 0) is 0 Å². The summed E-state index contributed by atoms with van der Waals surface area (Å²) in [5.74, 6) is -0.988. The normalized spacial score (nSPS) is 12.2. The lowest BCUT2D eigenvalue weighted by Crippen LogP contribution is -2.26. The fourth-order valence-electron chi connectivity index (χ4n) is 2.15. The minimum absolute atomic E-state index is 0.130. The molecule has 1 unspecified atom stereocenters. The molecule has 2 aromatic rings. The molecule has 1 aromatic heterocycles. The summed E-state index contributed by atoms with van der Waals surface area (Å²) in [5, 5.41) is 12.9. The third-order valence-corrected chi connectivity index (χ3v) is 3.61. The third kappa shape index (κ3) is 4.19. The molecule has 2 rings (SSSR count). The molecular formula is C16H18ClN3O2. The van der Waals surface area contributed by atoms with Gasteiger partial charge in [0, 0.05) is 24.0 Å². The minimum Gasteiger partial charge on any atom is -0.478 e. The van der Waals surface area contributed by atoms with Crippen LogP contribution in [0.5, 0.6) is 0 Å². The lowest BCUT2D eigenvalue weighted by atomic mass is 10.1. The van der Waals surface area contributed by atoms with Gasteiger partial charge in [-0.05, 0) is 37.9 Å². The number of nitrogens with one attached hydrogen (secondary N) is 1. The number of aromatic carboxylic acids is 1. The Hall–Kier alpha value is -2.11. The molecule has 0 aliphatic carbocycles. The first kappa shape index (κ1) is 16.3. The van der Waals surface area contributed by atoms with Crippen molar-refractivity contribution in [2.45, 2.75) is 6.04 Å². The zero-order valence-electron chi connectivity index (χ0n) is 12.5. The summed E-state index contributed by atoms with van der Waals surface area (Å²) < 4.78 is 0. The van der Waals surface area contributed by atoms with Gasteiger partial charge in [-0.15, -0.1) is 0 Å². The number of carboxylic acids is 1. The molecule has 1 atom stereocenters. The van der Waals surface area contributed by atoms with Crippen molar-refractivity contribution in [3.05, 3.63) is 58.9 Å². The summed E-state index contributed by atoms with van der Waals surface area (Å²) in [6, 6.07) is 9.40. The van der Waals surface area contributed by atoms with Gasteiger partial charge in [0.2, 0.25) is 0 Å². The lowest BCUT2D eigenvalue weighted by molar-refractivity contribution is 0.0696. The average Bonchev–Trinajstić information content (AvgIpc) is 2.49. The van der Waals surface area contributed by atoms with E-state index in [9.17, 15) is 4.79 Å². The summed E-state index contributed by atoms with van der Waals surface area (Å²) >= 11 is 5.92. The zero-order chi connectivity index (χ0) is 16.1. The van der Waals surface area contributed by atoms with Crippen molar-refractivity contribution in [2.24, 2.45) is 0 Å². The van der Waals surface area contributed by atoms with Crippen LogP contribution in [0, 0.1) is 0 Å². The number of carboxylic acid groups (broad SMARTS) is 1. The number of hydrogen-bond acceptors (Lipinski definition) is 4.